The van der Waals surface area contributed by atoms with Gasteiger partial charge in [0.1, 0.15) is 6.04 Å². The van der Waals surface area contributed by atoms with Crippen molar-refractivity contribution in [2.75, 3.05) is 0 Å². The van der Waals surface area contributed by atoms with Crippen LogP contribution in [0.25, 0.3) is 0 Å². The van der Waals surface area contributed by atoms with Crippen LogP contribution in [0.4, 0.5) is 0 Å². The number of halogens is 1. The van der Waals surface area contributed by atoms with E-state index in [1.54, 1.807) is 4.90 Å². The lowest BCUT2D eigenvalue weighted by Gasteiger charge is -2.32. The third-order valence-corrected chi connectivity index (χ3v) is 5.69. The lowest BCUT2D eigenvalue weighted by molar-refractivity contribution is -0.141. The molecule has 5 heteroatoms. The highest BCUT2D eigenvalue weighted by molar-refractivity contribution is 6.31. The zero-order valence-electron chi connectivity index (χ0n) is 18.7. The van der Waals surface area contributed by atoms with Crippen LogP contribution in [0.3, 0.4) is 0 Å². The standard InChI is InChI=1S/C25H33ClN2O2/c1-6-19(5)27-25(30)23(7-2)28(16-21-10-8-9-11-22(21)26)24(29)15-20-13-17(3)12-18(4)14-20/h8-14,19,23H,6-7,15-16H2,1-5H3,(H,27,30)/t19-,23+/m1/s1. The minimum absolute atomic E-state index is 0.0586. The van der Waals surface area contributed by atoms with Gasteiger partial charge in [0.05, 0.1) is 6.42 Å². The zero-order chi connectivity index (χ0) is 22.3. The number of nitrogens with one attached hydrogen (secondary N) is 1. The van der Waals surface area contributed by atoms with Gasteiger partial charge in [-0.1, -0.05) is 73.0 Å². The Morgan fingerprint density at radius 2 is 1.67 bits per heavy atom. The molecule has 30 heavy (non-hydrogen) atoms. The van der Waals surface area contributed by atoms with Gasteiger partial charge in [-0.2, -0.15) is 0 Å². The van der Waals surface area contributed by atoms with E-state index in [2.05, 4.69) is 11.4 Å². The molecule has 0 aliphatic carbocycles. The van der Waals surface area contributed by atoms with Crippen LogP contribution in [0, 0.1) is 13.8 Å². The number of aryl methyl sites for hydroxylation is 2. The molecule has 2 aromatic rings. The van der Waals surface area contributed by atoms with Crippen molar-refractivity contribution in [3.63, 3.8) is 0 Å². The molecule has 4 nitrogen and oxygen atoms in total. The van der Waals surface area contributed by atoms with Gasteiger partial charge < -0.3 is 10.2 Å². The number of amides is 2. The Kier molecular flexibility index (Phi) is 8.91. The van der Waals surface area contributed by atoms with Crippen molar-refractivity contribution in [2.45, 2.75) is 72.5 Å². The summed E-state index contributed by atoms with van der Waals surface area (Å²) in [6.45, 7) is 10.3. The van der Waals surface area contributed by atoms with Crippen molar-refractivity contribution in [3.8, 4) is 0 Å². The van der Waals surface area contributed by atoms with E-state index in [0.29, 0.717) is 18.0 Å². The Balaban J connectivity index is 2.34. The largest absolute Gasteiger partial charge is 0.352 e. The van der Waals surface area contributed by atoms with E-state index in [0.717, 1.165) is 28.7 Å². The maximum Gasteiger partial charge on any atom is 0.243 e. The van der Waals surface area contributed by atoms with Crippen molar-refractivity contribution in [2.24, 2.45) is 0 Å². The second-order valence-electron chi connectivity index (χ2n) is 8.03. The van der Waals surface area contributed by atoms with Crippen molar-refractivity contribution >= 4 is 23.4 Å². The molecule has 0 bridgehead atoms. The third kappa shape index (κ3) is 6.60. The summed E-state index contributed by atoms with van der Waals surface area (Å²) < 4.78 is 0. The van der Waals surface area contributed by atoms with Crippen LogP contribution in [0.5, 0.6) is 0 Å². The maximum absolute atomic E-state index is 13.4. The Morgan fingerprint density at radius 1 is 1.03 bits per heavy atom. The fourth-order valence-corrected chi connectivity index (χ4v) is 3.81. The molecule has 0 aliphatic heterocycles. The molecule has 0 aromatic heterocycles. The molecule has 0 fully saturated rings. The van der Waals surface area contributed by atoms with Gasteiger partial charge in [-0.15, -0.1) is 0 Å². The summed E-state index contributed by atoms with van der Waals surface area (Å²) in [6, 6.07) is 13.1. The monoisotopic (exact) mass is 428 g/mol. The minimum Gasteiger partial charge on any atom is -0.352 e. The van der Waals surface area contributed by atoms with Gasteiger partial charge >= 0.3 is 0 Å². The molecule has 162 valence electrons. The molecule has 0 heterocycles. The fourth-order valence-electron chi connectivity index (χ4n) is 3.62. The van der Waals surface area contributed by atoms with Crippen LogP contribution in [0.1, 0.15) is 55.9 Å². The number of rotatable bonds is 9. The number of hydrogen-bond acceptors (Lipinski definition) is 2. The van der Waals surface area contributed by atoms with Crippen molar-refractivity contribution in [1.82, 2.24) is 10.2 Å². The van der Waals surface area contributed by atoms with Crippen LogP contribution in [-0.4, -0.2) is 28.8 Å². The van der Waals surface area contributed by atoms with Gasteiger partial charge in [0.25, 0.3) is 0 Å². The van der Waals surface area contributed by atoms with Gasteiger partial charge in [-0.25, -0.2) is 0 Å². The second-order valence-corrected chi connectivity index (χ2v) is 8.43. The first-order valence-corrected chi connectivity index (χ1v) is 11.0. The predicted octanol–water partition coefficient (Wildman–Crippen LogP) is 5.22. The van der Waals surface area contributed by atoms with E-state index in [-0.39, 0.29) is 24.3 Å². The SMILES string of the molecule is CC[C@@H](C)NC(=O)[C@H](CC)N(Cc1ccccc1Cl)C(=O)Cc1cc(C)cc(C)c1. The number of nitrogens with zero attached hydrogens (tertiary/aromatic N) is 1. The first kappa shape index (κ1) is 23.9. The average Bonchev–Trinajstić information content (AvgIpc) is 2.68. The molecule has 2 amide bonds. The smallest absolute Gasteiger partial charge is 0.243 e. The molecule has 2 atom stereocenters. The van der Waals surface area contributed by atoms with Crippen LogP contribution >= 0.6 is 11.6 Å². The van der Waals surface area contributed by atoms with Crippen LogP contribution in [0.2, 0.25) is 5.02 Å². The number of carbonyl (C=O) groups is 2. The normalized spacial score (nSPS) is 12.9. The van der Waals surface area contributed by atoms with Gasteiger partial charge in [0.2, 0.25) is 11.8 Å². The fraction of sp³-hybridized carbons (Fsp3) is 0.440. The van der Waals surface area contributed by atoms with Crippen molar-refractivity contribution in [1.29, 1.82) is 0 Å². The first-order valence-electron chi connectivity index (χ1n) is 10.7. The van der Waals surface area contributed by atoms with Gasteiger partial charge in [0, 0.05) is 17.6 Å². The molecule has 2 rings (SSSR count). The topological polar surface area (TPSA) is 49.4 Å². The quantitative estimate of drug-likeness (QED) is 0.595. The van der Waals surface area contributed by atoms with E-state index < -0.39 is 6.04 Å². The van der Waals surface area contributed by atoms with E-state index in [4.69, 9.17) is 11.6 Å². The summed E-state index contributed by atoms with van der Waals surface area (Å²) >= 11 is 6.37. The number of carbonyl (C=O) groups excluding carboxylic acids is 2. The molecule has 0 saturated carbocycles. The molecule has 2 aromatic carbocycles. The molecule has 0 radical (unpaired) electrons. The van der Waals surface area contributed by atoms with Gasteiger partial charge in [-0.3, -0.25) is 9.59 Å². The molecular formula is C25H33ClN2O2. The maximum atomic E-state index is 13.4. The summed E-state index contributed by atoms with van der Waals surface area (Å²) in [5.41, 5.74) is 4.04. The molecule has 0 saturated heterocycles. The molecule has 0 spiro atoms. The number of benzene rings is 2. The van der Waals surface area contributed by atoms with E-state index in [1.807, 2.05) is 71.0 Å². The molecular weight excluding hydrogens is 396 g/mol. The molecule has 1 N–H and O–H groups in total. The third-order valence-electron chi connectivity index (χ3n) is 5.32. The van der Waals surface area contributed by atoms with E-state index in [1.165, 1.54) is 0 Å². The Morgan fingerprint density at radius 3 is 2.23 bits per heavy atom. The minimum atomic E-state index is -0.548. The van der Waals surface area contributed by atoms with Crippen molar-refractivity contribution in [3.05, 3.63) is 69.7 Å². The Hall–Kier alpha value is -2.33. The van der Waals surface area contributed by atoms with E-state index >= 15 is 0 Å². The van der Waals surface area contributed by atoms with Crippen LogP contribution in [0.15, 0.2) is 42.5 Å². The van der Waals surface area contributed by atoms with Crippen LogP contribution < -0.4 is 5.32 Å². The highest BCUT2D eigenvalue weighted by Crippen LogP contribution is 2.21. The van der Waals surface area contributed by atoms with Crippen LogP contribution in [-0.2, 0) is 22.6 Å². The summed E-state index contributed by atoms with van der Waals surface area (Å²) in [4.78, 5) is 28.1. The summed E-state index contributed by atoms with van der Waals surface area (Å²) in [7, 11) is 0. The lowest BCUT2D eigenvalue weighted by Crippen LogP contribution is -2.51. The zero-order valence-corrected chi connectivity index (χ0v) is 19.4. The first-order chi connectivity index (χ1) is 14.2. The molecule has 0 unspecified atom stereocenters. The Labute approximate surface area is 185 Å². The Bertz CT molecular complexity index is 861. The van der Waals surface area contributed by atoms with Gasteiger partial charge in [0.15, 0.2) is 0 Å². The molecule has 0 aliphatic rings. The van der Waals surface area contributed by atoms with Crippen molar-refractivity contribution < 1.29 is 9.59 Å². The summed E-state index contributed by atoms with van der Waals surface area (Å²) in [5, 5.41) is 3.63. The summed E-state index contributed by atoms with van der Waals surface area (Å²) in [5.74, 6) is -0.196. The second kappa shape index (κ2) is 11.2. The highest BCUT2D eigenvalue weighted by atomic mass is 35.5. The predicted molar refractivity (Wildman–Crippen MR) is 124 cm³/mol. The number of hydrogen-bond donors (Lipinski definition) is 1. The highest BCUT2D eigenvalue weighted by Gasteiger charge is 2.29. The lowest BCUT2D eigenvalue weighted by atomic mass is 10.0. The van der Waals surface area contributed by atoms with E-state index in [9.17, 15) is 9.59 Å². The summed E-state index contributed by atoms with van der Waals surface area (Å²) in [6.07, 6.45) is 1.62. The van der Waals surface area contributed by atoms with Gasteiger partial charge in [-0.05, 0) is 50.8 Å². The average molecular weight is 429 g/mol.